The summed E-state index contributed by atoms with van der Waals surface area (Å²) in [6, 6.07) is 0. The number of hydrogen-bond donors (Lipinski definition) is 0. The maximum atomic E-state index is 5.48. The quantitative estimate of drug-likeness (QED) is 0.605. The zero-order valence-corrected chi connectivity index (χ0v) is 7.82. The molecule has 0 N–H and O–H groups in total. The molecule has 3 rings (SSSR count). The minimum atomic E-state index is 0.109. The monoisotopic (exact) mass is 180 g/mol. The number of rotatable bonds is 2. The summed E-state index contributed by atoms with van der Waals surface area (Å²) in [5.41, 5.74) is 0. The Bertz CT molecular complexity index is 218. The molecule has 2 aliphatic carbocycles. The Morgan fingerprint density at radius 3 is 2.54 bits per heavy atom. The first-order valence-corrected chi connectivity index (χ1v) is 5.33. The van der Waals surface area contributed by atoms with Gasteiger partial charge in [-0.05, 0) is 30.6 Å². The van der Waals surface area contributed by atoms with E-state index >= 15 is 0 Å². The summed E-state index contributed by atoms with van der Waals surface area (Å²) < 4.78 is 11.0. The Morgan fingerprint density at radius 2 is 1.92 bits per heavy atom. The average Bonchev–Trinajstić information content (AvgIpc) is 2.77. The van der Waals surface area contributed by atoms with Crippen LogP contribution in [0.5, 0.6) is 0 Å². The van der Waals surface area contributed by atoms with Crippen LogP contribution in [-0.2, 0) is 9.47 Å². The van der Waals surface area contributed by atoms with E-state index in [1.54, 1.807) is 0 Å². The van der Waals surface area contributed by atoms with Crippen molar-refractivity contribution in [2.75, 3.05) is 13.2 Å². The Morgan fingerprint density at radius 1 is 1.08 bits per heavy atom. The van der Waals surface area contributed by atoms with Crippen molar-refractivity contribution in [3.05, 3.63) is 12.2 Å². The number of fused-ring (bicyclic) bond motifs is 2. The zero-order valence-electron chi connectivity index (χ0n) is 7.82. The van der Waals surface area contributed by atoms with Crippen LogP contribution in [0.3, 0.4) is 0 Å². The van der Waals surface area contributed by atoms with Crippen LogP contribution >= 0.6 is 0 Å². The van der Waals surface area contributed by atoms with E-state index < -0.39 is 0 Å². The van der Waals surface area contributed by atoms with Crippen molar-refractivity contribution in [3.8, 4) is 0 Å². The maximum absolute atomic E-state index is 5.48. The minimum absolute atomic E-state index is 0.109. The molecule has 0 aromatic rings. The molecule has 2 fully saturated rings. The van der Waals surface area contributed by atoms with E-state index in [0.717, 1.165) is 37.4 Å². The van der Waals surface area contributed by atoms with Crippen LogP contribution in [0.4, 0.5) is 0 Å². The fourth-order valence-corrected chi connectivity index (χ4v) is 2.96. The molecule has 1 aliphatic heterocycles. The molecular weight excluding hydrogens is 164 g/mol. The highest BCUT2D eigenvalue weighted by Gasteiger charge is 2.37. The third-order valence-electron chi connectivity index (χ3n) is 3.60. The molecule has 0 aromatic carbocycles. The van der Waals surface area contributed by atoms with Crippen LogP contribution in [0.25, 0.3) is 0 Å². The first-order valence-electron chi connectivity index (χ1n) is 5.33. The molecule has 3 aliphatic rings. The Hall–Kier alpha value is -0.340. The van der Waals surface area contributed by atoms with Gasteiger partial charge in [0.1, 0.15) is 0 Å². The van der Waals surface area contributed by atoms with Crippen molar-refractivity contribution in [1.82, 2.24) is 0 Å². The van der Waals surface area contributed by atoms with Gasteiger partial charge in [-0.2, -0.15) is 0 Å². The summed E-state index contributed by atoms with van der Waals surface area (Å²) in [4.78, 5) is 0. The summed E-state index contributed by atoms with van der Waals surface area (Å²) in [6.45, 7) is 1.59. The predicted molar refractivity (Wildman–Crippen MR) is 49.2 cm³/mol. The van der Waals surface area contributed by atoms with E-state index in [1.165, 1.54) is 12.8 Å². The number of ether oxygens (including phenoxy) is 2. The van der Waals surface area contributed by atoms with Crippen LogP contribution in [0.1, 0.15) is 19.3 Å². The molecule has 3 atom stereocenters. The van der Waals surface area contributed by atoms with Gasteiger partial charge in [0.15, 0.2) is 6.29 Å². The highest BCUT2D eigenvalue weighted by molar-refractivity contribution is 5.10. The van der Waals surface area contributed by atoms with Gasteiger partial charge in [0.05, 0.1) is 13.2 Å². The summed E-state index contributed by atoms with van der Waals surface area (Å²) in [7, 11) is 0. The van der Waals surface area contributed by atoms with Gasteiger partial charge in [-0.15, -0.1) is 0 Å². The fourth-order valence-electron chi connectivity index (χ4n) is 2.96. The summed E-state index contributed by atoms with van der Waals surface area (Å²) in [5.74, 6) is 2.53. The van der Waals surface area contributed by atoms with Crippen molar-refractivity contribution < 1.29 is 9.47 Å². The molecule has 1 saturated heterocycles. The topological polar surface area (TPSA) is 18.5 Å². The lowest BCUT2D eigenvalue weighted by Gasteiger charge is -2.20. The van der Waals surface area contributed by atoms with Crippen LogP contribution in [0.2, 0.25) is 0 Å². The first-order chi connectivity index (χ1) is 6.42. The predicted octanol–water partition coefficient (Wildman–Crippen LogP) is 1.96. The van der Waals surface area contributed by atoms with E-state index in [-0.39, 0.29) is 6.29 Å². The highest BCUT2D eigenvalue weighted by Crippen LogP contribution is 2.45. The Labute approximate surface area is 78.9 Å². The van der Waals surface area contributed by atoms with Gasteiger partial charge >= 0.3 is 0 Å². The van der Waals surface area contributed by atoms with Crippen molar-refractivity contribution in [1.29, 1.82) is 0 Å². The van der Waals surface area contributed by atoms with Crippen molar-refractivity contribution in [2.24, 2.45) is 17.8 Å². The number of allylic oxidation sites excluding steroid dienone is 2. The van der Waals surface area contributed by atoms with Gasteiger partial charge in [0.25, 0.3) is 0 Å². The third kappa shape index (κ3) is 1.42. The highest BCUT2D eigenvalue weighted by atomic mass is 16.7. The van der Waals surface area contributed by atoms with E-state index in [9.17, 15) is 0 Å². The van der Waals surface area contributed by atoms with Gasteiger partial charge in [-0.1, -0.05) is 12.2 Å². The molecule has 2 nitrogen and oxygen atoms in total. The molecule has 72 valence electrons. The van der Waals surface area contributed by atoms with Crippen LogP contribution in [0, 0.1) is 17.8 Å². The third-order valence-corrected chi connectivity index (χ3v) is 3.60. The van der Waals surface area contributed by atoms with E-state index in [0.29, 0.717) is 0 Å². The maximum Gasteiger partial charge on any atom is 0.158 e. The number of hydrogen-bond acceptors (Lipinski definition) is 2. The van der Waals surface area contributed by atoms with E-state index in [4.69, 9.17) is 9.47 Å². The molecule has 2 bridgehead atoms. The molecular formula is C11H16O2. The van der Waals surface area contributed by atoms with Crippen molar-refractivity contribution >= 4 is 0 Å². The summed E-state index contributed by atoms with van der Waals surface area (Å²) >= 11 is 0. The molecule has 0 aromatic heterocycles. The molecule has 13 heavy (non-hydrogen) atoms. The second-order valence-electron chi connectivity index (χ2n) is 4.45. The van der Waals surface area contributed by atoms with Gasteiger partial charge < -0.3 is 9.47 Å². The Balaban J connectivity index is 1.58. The lowest BCUT2D eigenvalue weighted by Crippen LogP contribution is -2.17. The Kier molecular flexibility index (Phi) is 1.91. The van der Waals surface area contributed by atoms with Gasteiger partial charge in [-0.3, -0.25) is 0 Å². The van der Waals surface area contributed by atoms with Crippen LogP contribution in [0.15, 0.2) is 12.2 Å². The molecule has 0 spiro atoms. The standard InChI is InChI=1S/C11H16O2/c1-2-9-5-8(1)6-10(9)7-11-12-3-4-13-11/h1-2,8-11H,3-7H2. The SMILES string of the molecule is C1=CC2CC1CC2CC1OCCO1. The summed E-state index contributed by atoms with van der Waals surface area (Å²) in [5, 5.41) is 0. The molecule has 3 unspecified atom stereocenters. The smallest absolute Gasteiger partial charge is 0.158 e. The van der Waals surface area contributed by atoms with Gasteiger partial charge in [0, 0.05) is 6.42 Å². The van der Waals surface area contributed by atoms with E-state index in [2.05, 4.69) is 12.2 Å². The largest absolute Gasteiger partial charge is 0.350 e. The first kappa shape index (κ1) is 8.01. The second kappa shape index (κ2) is 3.10. The second-order valence-corrected chi connectivity index (χ2v) is 4.45. The van der Waals surface area contributed by atoms with Crippen molar-refractivity contribution in [2.45, 2.75) is 25.6 Å². The summed E-state index contributed by atoms with van der Waals surface area (Å²) in [6.07, 6.45) is 8.76. The average molecular weight is 180 g/mol. The molecule has 0 radical (unpaired) electrons. The van der Waals surface area contributed by atoms with Crippen LogP contribution < -0.4 is 0 Å². The lowest BCUT2D eigenvalue weighted by atomic mass is 9.90. The zero-order chi connectivity index (χ0) is 8.67. The van der Waals surface area contributed by atoms with E-state index in [1.807, 2.05) is 0 Å². The normalized spacial score (nSPS) is 43.5. The fraction of sp³-hybridized carbons (Fsp3) is 0.818. The van der Waals surface area contributed by atoms with Gasteiger partial charge in [0.2, 0.25) is 0 Å². The lowest BCUT2D eigenvalue weighted by molar-refractivity contribution is -0.0589. The van der Waals surface area contributed by atoms with Crippen LogP contribution in [-0.4, -0.2) is 19.5 Å². The van der Waals surface area contributed by atoms with Gasteiger partial charge in [-0.25, -0.2) is 0 Å². The minimum Gasteiger partial charge on any atom is -0.350 e. The molecule has 1 saturated carbocycles. The molecule has 0 amide bonds. The molecule has 1 heterocycles. The van der Waals surface area contributed by atoms with Crippen molar-refractivity contribution in [3.63, 3.8) is 0 Å². The molecule has 2 heteroatoms.